The molecule has 1 amide bonds. The Labute approximate surface area is 203 Å². The van der Waals surface area contributed by atoms with Crippen LogP contribution in [-0.4, -0.2) is 61.8 Å². The summed E-state index contributed by atoms with van der Waals surface area (Å²) in [5.41, 5.74) is 4.16. The summed E-state index contributed by atoms with van der Waals surface area (Å²) in [6.45, 7) is 5.25. The highest BCUT2D eigenvalue weighted by molar-refractivity contribution is 7.88. The summed E-state index contributed by atoms with van der Waals surface area (Å²) in [6, 6.07) is 7.66. The van der Waals surface area contributed by atoms with Gasteiger partial charge >= 0.3 is 0 Å². The summed E-state index contributed by atoms with van der Waals surface area (Å²) in [7, 11) is -1.01. The maximum absolute atomic E-state index is 13.3. The number of benzene rings is 1. The number of piperidine rings is 1. The molecule has 34 heavy (non-hydrogen) atoms. The van der Waals surface area contributed by atoms with Gasteiger partial charge in [-0.3, -0.25) is 4.79 Å². The number of amides is 1. The molecule has 0 radical (unpaired) electrons. The first-order valence-electron chi connectivity index (χ1n) is 12.7. The molecule has 2 aliphatic carbocycles. The number of nitrogens with one attached hydrogen (secondary N) is 2. The highest BCUT2D eigenvalue weighted by atomic mass is 32.2. The number of hydrogen-bond donors (Lipinski definition) is 2. The smallest absolute Gasteiger partial charge is 0.224 e. The van der Waals surface area contributed by atoms with E-state index in [1.165, 1.54) is 28.3 Å². The zero-order chi connectivity index (χ0) is 24.2. The molecule has 1 saturated heterocycles. The molecule has 8 heteroatoms. The predicted octanol–water partition coefficient (Wildman–Crippen LogP) is 3.16. The van der Waals surface area contributed by atoms with Crippen LogP contribution in [0.2, 0.25) is 0 Å². The van der Waals surface area contributed by atoms with Crippen LogP contribution in [-0.2, 0) is 21.2 Å². The fraction of sp³-hybridized carbons (Fsp3) is 0.654. The van der Waals surface area contributed by atoms with Crippen molar-refractivity contribution < 1.29 is 13.2 Å². The summed E-state index contributed by atoms with van der Waals surface area (Å²) in [4.78, 5) is 15.7. The Kier molecular flexibility index (Phi) is 6.27. The Balaban J connectivity index is 1.29. The normalized spacial score (nSPS) is 29.9. The molecular weight excluding hydrogens is 448 g/mol. The number of carbonyl (C=O) groups excluding carboxylic acids is 1. The van der Waals surface area contributed by atoms with Crippen LogP contribution in [0.15, 0.2) is 24.4 Å². The van der Waals surface area contributed by atoms with E-state index in [9.17, 15) is 13.2 Å². The number of rotatable bonds is 5. The fourth-order valence-electron chi connectivity index (χ4n) is 6.67. The molecule has 2 aromatic rings. The van der Waals surface area contributed by atoms with Gasteiger partial charge in [0, 0.05) is 53.7 Å². The lowest BCUT2D eigenvalue weighted by Crippen LogP contribution is -2.53. The van der Waals surface area contributed by atoms with Crippen LogP contribution in [0, 0.1) is 5.92 Å². The first-order valence-corrected chi connectivity index (χ1v) is 14.6. The largest absolute Gasteiger partial charge is 0.353 e. The van der Waals surface area contributed by atoms with E-state index in [1.54, 1.807) is 0 Å². The highest BCUT2D eigenvalue weighted by Gasteiger charge is 2.42. The van der Waals surface area contributed by atoms with Crippen LogP contribution in [0.1, 0.15) is 69.0 Å². The Morgan fingerprint density at radius 2 is 1.82 bits per heavy atom. The number of carbonyl (C=O) groups is 1. The molecule has 2 fully saturated rings. The zero-order valence-corrected chi connectivity index (χ0v) is 21.6. The quantitative estimate of drug-likeness (QED) is 0.680. The number of aromatic nitrogens is 1. The van der Waals surface area contributed by atoms with E-state index in [2.05, 4.69) is 64.8 Å². The van der Waals surface area contributed by atoms with Gasteiger partial charge in [-0.05, 0) is 76.6 Å². The van der Waals surface area contributed by atoms with E-state index in [0.717, 1.165) is 45.1 Å². The van der Waals surface area contributed by atoms with Crippen molar-refractivity contribution in [3.63, 3.8) is 0 Å². The standard InChI is InChI=1S/C26H38N4O3S/c1-16(2)30-15-17-13-24-22(21-6-5-7-23(30)25(17)21)12-18(14-29(24)3)26(31)27-19-8-10-20(11-9-19)28-34(4,32)33/h5-7,15-16,18-20,22,24,28H,8-14H2,1-4H3,(H,27,31). The van der Waals surface area contributed by atoms with Crippen molar-refractivity contribution in [3.8, 4) is 0 Å². The van der Waals surface area contributed by atoms with Crippen molar-refractivity contribution >= 4 is 26.8 Å². The van der Waals surface area contributed by atoms with Crippen LogP contribution in [0.3, 0.4) is 0 Å². The minimum atomic E-state index is -3.18. The summed E-state index contributed by atoms with van der Waals surface area (Å²) in [6.07, 6.45) is 8.65. The van der Waals surface area contributed by atoms with Crippen LogP contribution in [0.5, 0.6) is 0 Å². The average Bonchev–Trinajstić information content (AvgIpc) is 3.15. The second-order valence-electron chi connectivity index (χ2n) is 11.1. The molecular formula is C26H38N4O3S. The number of hydrogen-bond acceptors (Lipinski definition) is 4. The van der Waals surface area contributed by atoms with Gasteiger partial charge in [0.05, 0.1) is 12.2 Å². The maximum Gasteiger partial charge on any atom is 0.224 e. The van der Waals surface area contributed by atoms with E-state index < -0.39 is 10.0 Å². The molecule has 186 valence electrons. The number of likely N-dealkylation sites (tertiary alicyclic amines) is 1. The first-order chi connectivity index (χ1) is 16.1. The summed E-state index contributed by atoms with van der Waals surface area (Å²) >= 11 is 0. The molecule has 1 saturated carbocycles. The topological polar surface area (TPSA) is 83.4 Å². The van der Waals surface area contributed by atoms with Crippen molar-refractivity contribution in [2.45, 2.75) is 82.5 Å². The van der Waals surface area contributed by atoms with Gasteiger partial charge in [-0.2, -0.15) is 0 Å². The molecule has 3 atom stereocenters. The van der Waals surface area contributed by atoms with Gasteiger partial charge in [0.1, 0.15) is 0 Å². The lowest BCUT2D eigenvalue weighted by atomic mass is 9.72. The zero-order valence-electron chi connectivity index (χ0n) is 20.8. The molecule has 3 unspecified atom stereocenters. The molecule has 2 heterocycles. The minimum Gasteiger partial charge on any atom is -0.353 e. The van der Waals surface area contributed by atoms with Gasteiger partial charge in [-0.25, -0.2) is 13.1 Å². The third-order valence-electron chi connectivity index (χ3n) is 8.26. The number of sulfonamides is 1. The van der Waals surface area contributed by atoms with E-state index in [1.807, 2.05) is 0 Å². The van der Waals surface area contributed by atoms with Crippen LogP contribution >= 0.6 is 0 Å². The fourth-order valence-corrected chi connectivity index (χ4v) is 7.51. The molecule has 1 aromatic carbocycles. The molecule has 0 bridgehead atoms. The van der Waals surface area contributed by atoms with Gasteiger partial charge in [-0.1, -0.05) is 12.1 Å². The molecule has 2 N–H and O–H groups in total. The average molecular weight is 487 g/mol. The van der Waals surface area contributed by atoms with Crippen LogP contribution in [0.25, 0.3) is 10.9 Å². The molecule has 1 aromatic heterocycles. The Hall–Kier alpha value is -1.90. The first kappa shape index (κ1) is 23.8. The Bertz CT molecular complexity index is 1180. The summed E-state index contributed by atoms with van der Waals surface area (Å²) in [5, 5.41) is 4.71. The summed E-state index contributed by atoms with van der Waals surface area (Å²) < 4.78 is 28.1. The van der Waals surface area contributed by atoms with E-state index in [0.29, 0.717) is 18.0 Å². The van der Waals surface area contributed by atoms with Crippen molar-refractivity contribution in [1.29, 1.82) is 0 Å². The van der Waals surface area contributed by atoms with E-state index >= 15 is 0 Å². The van der Waals surface area contributed by atoms with E-state index in [-0.39, 0.29) is 23.9 Å². The predicted molar refractivity (Wildman–Crippen MR) is 135 cm³/mol. The van der Waals surface area contributed by atoms with Gasteiger partial charge in [-0.15, -0.1) is 0 Å². The second-order valence-corrected chi connectivity index (χ2v) is 12.9. The van der Waals surface area contributed by atoms with Crippen molar-refractivity contribution in [3.05, 3.63) is 35.5 Å². The Morgan fingerprint density at radius 3 is 2.50 bits per heavy atom. The second kappa shape index (κ2) is 8.95. The van der Waals surface area contributed by atoms with Gasteiger partial charge in [0.15, 0.2) is 0 Å². The van der Waals surface area contributed by atoms with Gasteiger partial charge < -0.3 is 14.8 Å². The molecule has 7 nitrogen and oxygen atoms in total. The minimum absolute atomic E-state index is 0.0141. The number of nitrogens with zero attached hydrogens (tertiary/aromatic N) is 2. The molecule has 1 aliphatic heterocycles. The van der Waals surface area contributed by atoms with E-state index in [4.69, 9.17) is 0 Å². The lowest BCUT2D eigenvalue weighted by molar-refractivity contribution is -0.128. The Morgan fingerprint density at radius 1 is 1.12 bits per heavy atom. The highest BCUT2D eigenvalue weighted by Crippen LogP contribution is 2.45. The maximum atomic E-state index is 13.3. The summed E-state index contributed by atoms with van der Waals surface area (Å²) in [5.74, 6) is 0.494. The number of fused-ring (bicyclic) bond motifs is 2. The monoisotopic (exact) mass is 486 g/mol. The third kappa shape index (κ3) is 4.52. The molecule has 5 rings (SSSR count). The van der Waals surface area contributed by atoms with Crippen molar-refractivity contribution in [2.24, 2.45) is 5.92 Å². The van der Waals surface area contributed by atoms with Crippen molar-refractivity contribution in [1.82, 2.24) is 19.5 Å². The molecule has 0 spiro atoms. The SMILES string of the molecule is CC(C)n1cc2c3c(cccc31)C1CC(C(=O)NC3CCC(NS(C)(=O)=O)CC3)CN(C)C1C2. The molecule has 3 aliphatic rings. The van der Waals surface area contributed by atoms with Crippen LogP contribution < -0.4 is 10.0 Å². The van der Waals surface area contributed by atoms with Crippen LogP contribution in [0.4, 0.5) is 0 Å². The number of likely N-dealkylation sites (N-methyl/N-ethyl adjacent to an activating group) is 1. The van der Waals surface area contributed by atoms with Gasteiger partial charge in [0.2, 0.25) is 15.9 Å². The lowest BCUT2D eigenvalue weighted by Gasteiger charge is -2.45. The van der Waals surface area contributed by atoms with Gasteiger partial charge in [0.25, 0.3) is 0 Å². The third-order valence-corrected chi connectivity index (χ3v) is 9.02. The van der Waals surface area contributed by atoms with Crippen molar-refractivity contribution in [2.75, 3.05) is 19.8 Å².